The monoisotopic (exact) mass is 175 g/mol. The number of nitrogens with zero attached hydrogens (tertiary/aromatic N) is 3. The van der Waals surface area contributed by atoms with Crippen LogP contribution in [-0.4, -0.2) is 21.6 Å². The molecule has 0 bridgehead atoms. The first-order valence-electron chi connectivity index (χ1n) is 3.59. The lowest BCUT2D eigenvalue weighted by Crippen LogP contribution is -1.81. The number of carbonyl (C=O) groups is 1. The Morgan fingerprint density at radius 1 is 1.38 bits per heavy atom. The van der Waals surface area contributed by atoms with Gasteiger partial charge in [-0.25, -0.2) is 0 Å². The molecule has 64 valence electrons. The van der Waals surface area contributed by atoms with Crippen molar-refractivity contribution in [1.29, 1.82) is 0 Å². The van der Waals surface area contributed by atoms with E-state index in [4.69, 9.17) is 4.52 Å². The zero-order valence-corrected chi connectivity index (χ0v) is 6.54. The molecule has 0 atom stereocenters. The number of aldehydes is 1. The second-order valence-corrected chi connectivity index (χ2v) is 2.36. The molecule has 2 aromatic heterocycles. The van der Waals surface area contributed by atoms with Crippen LogP contribution in [0.2, 0.25) is 0 Å². The SMILES string of the molecule is O=Cc1cc(-c2ccnnc2)no1. The Bertz CT molecular complexity index is 410. The van der Waals surface area contributed by atoms with Crippen LogP contribution in [-0.2, 0) is 0 Å². The molecule has 0 N–H and O–H groups in total. The van der Waals surface area contributed by atoms with Gasteiger partial charge in [-0.1, -0.05) is 5.16 Å². The molecule has 5 nitrogen and oxygen atoms in total. The van der Waals surface area contributed by atoms with Gasteiger partial charge in [-0.3, -0.25) is 4.79 Å². The molecule has 0 unspecified atom stereocenters. The van der Waals surface area contributed by atoms with Crippen molar-refractivity contribution < 1.29 is 9.32 Å². The minimum absolute atomic E-state index is 0.201. The van der Waals surface area contributed by atoms with Crippen molar-refractivity contribution in [2.24, 2.45) is 0 Å². The molecular weight excluding hydrogens is 170 g/mol. The second kappa shape index (κ2) is 3.14. The number of hydrogen-bond donors (Lipinski definition) is 0. The van der Waals surface area contributed by atoms with Crippen molar-refractivity contribution in [3.63, 3.8) is 0 Å². The third-order valence-corrected chi connectivity index (χ3v) is 1.52. The fourth-order valence-electron chi connectivity index (χ4n) is 0.923. The van der Waals surface area contributed by atoms with Crippen molar-refractivity contribution in [1.82, 2.24) is 15.4 Å². The third-order valence-electron chi connectivity index (χ3n) is 1.52. The predicted octanol–water partition coefficient (Wildman–Crippen LogP) is 0.944. The van der Waals surface area contributed by atoms with Crippen LogP contribution >= 0.6 is 0 Å². The first-order valence-corrected chi connectivity index (χ1v) is 3.59. The molecule has 0 fully saturated rings. The maximum atomic E-state index is 10.3. The summed E-state index contributed by atoms with van der Waals surface area (Å²) in [6, 6.07) is 3.28. The Hall–Kier alpha value is -2.04. The van der Waals surface area contributed by atoms with E-state index in [9.17, 15) is 4.79 Å². The van der Waals surface area contributed by atoms with Gasteiger partial charge in [-0.05, 0) is 6.07 Å². The number of carbonyl (C=O) groups excluding carboxylic acids is 1. The summed E-state index contributed by atoms with van der Waals surface area (Å²) in [5.74, 6) is 0.201. The maximum absolute atomic E-state index is 10.3. The van der Waals surface area contributed by atoms with E-state index in [1.165, 1.54) is 0 Å². The molecule has 0 amide bonds. The first-order chi connectivity index (χ1) is 6.40. The van der Waals surface area contributed by atoms with Crippen LogP contribution in [0.3, 0.4) is 0 Å². The Labute approximate surface area is 73.4 Å². The molecule has 0 aromatic carbocycles. The van der Waals surface area contributed by atoms with E-state index in [1.807, 2.05) is 0 Å². The summed E-state index contributed by atoms with van der Waals surface area (Å²) in [7, 11) is 0. The predicted molar refractivity (Wildman–Crippen MR) is 42.9 cm³/mol. The molecule has 0 aliphatic rings. The normalized spacial score (nSPS) is 9.85. The minimum atomic E-state index is 0.201. The topological polar surface area (TPSA) is 68.9 Å². The molecule has 0 radical (unpaired) electrons. The summed E-state index contributed by atoms with van der Waals surface area (Å²) in [6.07, 6.45) is 3.70. The third kappa shape index (κ3) is 1.44. The van der Waals surface area contributed by atoms with E-state index in [2.05, 4.69) is 15.4 Å². The lowest BCUT2D eigenvalue weighted by Gasteiger charge is -1.89. The highest BCUT2D eigenvalue weighted by Gasteiger charge is 2.04. The summed E-state index contributed by atoms with van der Waals surface area (Å²) in [5.41, 5.74) is 1.35. The Morgan fingerprint density at radius 3 is 2.92 bits per heavy atom. The molecule has 2 heterocycles. The van der Waals surface area contributed by atoms with Crippen molar-refractivity contribution in [2.45, 2.75) is 0 Å². The number of aromatic nitrogens is 3. The van der Waals surface area contributed by atoms with Gasteiger partial charge in [-0.2, -0.15) is 10.2 Å². The van der Waals surface area contributed by atoms with Gasteiger partial charge in [0.05, 0.1) is 12.4 Å². The molecule has 0 spiro atoms. The van der Waals surface area contributed by atoms with E-state index in [0.717, 1.165) is 5.56 Å². The zero-order valence-electron chi connectivity index (χ0n) is 6.54. The van der Waals surface area contributed by atoms with Gasteiger partial charge in [0.2, 0.25) is 0 Å². The Morgan fingerprint density at radius 2 is 2.31 bits per heavy atom. The van der Waals surface area contributed by atoms with Gasteiger partial charge in [-0.15, -0.1) is 0 Å². The molecule has 13 heavy (non-hydrogen) atoms. The van der Waals surface area contributed by atoms with E-state index in [-0.39, 0.29) is 5.76 Å². The average Bonchev–Trinajstić information content (AvgIpc) is 2.67. The van der Waals surface area contributed by atoms with Gasteiger partial charge < -0.3 is 4.52 Å². The number of hydrogen-bond acceptors (Lipinski definition) is 5. The second-order valence-electron chi connectivity index (χ2n) is 2.36. The van der Waals surface area contributed by atoms with Gasteiger partial charge in [0.25, 0.3) is 0 Å². The van der Waals surface area contributed by atoms with Gasteiger partial charge >= 0.3 is 0 Å². The van der Waals surface area contributed by atoms with Crippen LogP contribution in [0.15, 0.2) is 29.0 Å². The van der Waals surface area contributed by atoms with E-state index < -0.39 is 0 Å². The highest BCUT2D eigenvalue weighted by Crippen LogP contribution is 2.15. The molecule has 2 aromatic rings. The molecule has 5 heteroatoms. The van der Waals surface area contributed by atoms with Crippen molar-refractivity contribution in [3.8, 4) is 11.3 Å². The van der Waals surface area contributed by atoms with Crippen LogP contribution in [0.5, 0.6) is 0 Å². The highest BCUT2D eigenvalue weighted by atomic mass is 16.5. The fraction of sp³-hybridized carbons (Fsp3) is 0. The summed E-state index contributed by atoms with van der Waals surface area (Å²) in [4.78, 5) is 10.3. The van der Waals surface area contributed by atoms with E-state index in [1.54, 1.807) is 24.5 Å². The summed E-state index contributed by atoms with van der Waals surface area (Å²) in [5, 5.41) is 11.0. The van der Waals surface area contributed by atoms with Gasteiger partial charge in [0.1, 0.15) is 5.69 Å². The summed E-state index contributed by atoms with van der Waals surface area (Å²) < 4.78 is 4.70. The smallest absolute Gasteiger partial charge is 0.199 e. The largest absolute Gasteiger partial charge is 0.353 e. The van der Waals surface area contributed by atoms with Crippen LogP contribution < -0.4 is 0 Å². The standard InChI is InChI=1S/C8H5N3O2/c12-5-7-3-8(11-13-7)6-1-2-9-10-4-6/h1-5H. The Kier molecular flexibility index (Phi) is 1.84. The Balaban J connectivity index is 2.41. The average molecular weight is 175 g/mol. The molecule has 0 aliphatic heterocycles. The fourth-order valence-corrected chi connectivity index (χ4v) is 0.923. The van der Waals surface area contributed by atoms with Crippen molar-refractivity contribution in [3.05, 3.63) is 30.3 Å². The molecule has 0 saturated heterocycles. The summed E-state index contributed by atoms with van der Waals surface area (Å²) >= 11 is 0. The summed E-state index contributed by atoms with van der Waals surface area (Å²) in [6.45, 7) is 0. The first kappa shape index (κ1) is 7.60. The van der Waals surface area contributed by atoms with Crippen LogP contribution in [0.4, 0.5) is 0 Å². The van der Waals surface area contributed by atoms with Crippen LogP contribution in [0.25, 0.3) is 11.3 Å². The van der Waals surface area contributed by atoms with Gasteiger partial charge in [0, 0.05) is 11.6 Å². The van der Waals surface area contributed by atoms with Crippen LogP contribution in [0, 0.1) is 0 Å². The lowest BCUT2D eigenvalue weighted by atomic mass is 10.2. The number of rotatable bonds is 2. The minimum Gasteiger partial charge on any atom is -0.353 e. The zero-order chi connectivity index (χ0) is 9.10. The molecule has 0 aliphatic carbocycles. The maximum Gasteiger partial charge on any atom is 0.199 e. The van der Waals surface area contributed by atoms with Crippen molar-refractivity contribution in [2.75, 3.05) is 0 Å². The molecular formula is C8H5N3O2. The quantitative estimate of drug-likeness (QED) is 0.635. The molecule has 2 rings (SSSR count). The van der Waals surface area contributed by atoms with Crippen molar-refractivity contribution >= 4 is 6.29 Å². The molecule has 0 saturated carbocycles. The van der Waals surface area contributed by atoms with E-state index >= 15 is 0 Å². The van der Waals surface area contributed by atoms with Gasteiger partial charge in [0.15, 0.2) is 12.0 Å². The van der Waals surface area contributed by atoms with E-state index in [0.29, 0.717) is 12.0 Å². The van der Waals surface area contributed by atoms with Crippen LogP contribution in [0.1, 0.15) is 10.6 Å². The lowest BCUT2D eigenvalue weighted by molar-refractivity contribution is 0.109. The highest BCUT2D eigenvalue weighted by molar-refractivity contribution is 5.73.